The van der Waals surface area contributed by atoms with Gasteiger partial charge < -0.3 is 21.1 Å². The number of ether oxygens (including phenoxy) is 1. The highest BCUT2D eigenvalue weighted by Gasteiger charge is 2.40. The largest absolute Gasteiger partial charge is 0.453 e. The number of halogens is 3. The summed E-state index contributed by atoms with van der Waals surface area (Å²) in [5.74, 6) is -2.93. The van der Waals surface area contributed by atoms with E-state index in [1.807, 2.05) is 0 Å². The van der Waals surface area contributed by atoms with Gasteiger partial charge in [0.2, 0.25) is 5.91 Å². The van der Waals surface area contributed by atoms with Crippen LogP contribution in [0, 0.1) is 17.6 Å². The van der Waals surface area contributed by atoms with E-state index >= 15 is 0 Å². The van der Waals surface area contributed by atoms with Gasteiger partial charge in [-0.15, -0.1) is 0 Å². The molecule has 4 rings (SSSR count). The number of nitrogens with two attached hydrogens (primary N) is 1. The third kappa shape index (κ3) is 6.89. The van der Waals surface area contributed by atoms with Gasteiger partial charge >= 0.3 is 0 Å². The molecule has 8 nitrogen and oxygen atoms in total. The van der Waals surface area contributed by atoms with Crippen LogP contribution in [-0.4, -0.2) is 46.4 Å². The second-order valence-electron chi connectivity index (χ2n) is 10.8. The topological polar surface area (TPSA) is 111 Å². The number of hydrogen-bond donors (Lipinski definition) is 3. The van der Waals surface area contributed by atoms with Crippen molar-refractivity contribution in [2.24, 2.45) is 11.7 Å². The molecule has 0 bridgehead atoms. The van der Waals surface area contributed by atoms with Crippen LogP contribution in [0.25, 0.3) is 10.9 Å². The average molecular weight is 546 g/mol. The third-order valence-electron chi connectivity index (χ3n) is 6.93. The molecule has 2 aromatic carbocycles. The van der Waals surface area contributed by atoms with E-state index in [0.717, 1.165) is 31.4 Å². The van der Waals surface area contributed by atoms with Gasteiger partial charge in [0.15, 0.2) is 11.6 Å². The van der Waals surface area contributed by atoms with Gasteiger partial charge in [-0.25, -0.2) is 13.2 Å². The van der Waals surface area contributed by atoms with Crippen molar-refractivity contribution in [1.82, 2.24) is 20.4 Å². The lowest BCUT2D eigenvalue weighted by atomic mass is 9.87. The SMILES string of the molecule is CNCCC(CCC1CC1)(NC(=O)c1cc2c(cnn2CC(C)(C)F)cc1Oc1ccc(F)cc1F)C(N)=O. The van der Waals surface area contributed by atoms with E-state index in [2.05, 4.69) is 15.7 Å². The quantitative estimate of drug-likeness (QED) is 0.291. The Hall–Kier alpha value is -3.60. The first-order valence-corrected chi connectivity index (χ1v) is 13.0. The summed E-state index contributed by atoms with van der Waals surface area (Å²) in [5, 5.41) is 10.6. The van der Waals surface area contributed by atoms with Crippen molar-refractivity contribution in [3.63, 3.8) is 0 Å². The lowest BCUT2D eigenvalue weighted by molar-refractivity contribution is -0.124. The molecule has 1 aromatic heterocycles. The van der Waals surface area contributed by atoms with Crippen molar-refractivity contribution in [2.45, 2.75) is 63.7 Å². The van der Waals surface area contributed by atoms with E-state index in [1.165, 1.54) is 36.9 Å². The first-order chi connectivity index (χ1) is 18.4. The first kappa shape index (κ1) is 28.4. The van der Waals surface area contributed by atoms with Crippen molar-refractivity contribution >= 4 is 22.7 Å². The molecular weight excluding hydrogens is 511 g/mol. The molecule has 39 heavy (non-hydrogen) atoms. The standard InChI is InChI=1S/C28H34F3N5O3/c1-27(2,31)16-36-22-14-20(24(12-18(22)15-34-36)39-23-7-6-19(29)13-21(23)30)25(37)35-28(26(32)38,10-11-33-3)9-8-17-4-5-17/h6-7,12-15,17,33H,4-5,8-11,16H2,1-3H3,(H2,32,38)(H,35,37). The Morgan fingerprint density at radius 3 is 2.51 bits per heavy atom. The highest BCUT2D eigenvalue weighted by molar-refractivity contribution is 6.03. The summed E-state index contributed by atoms with van der Waals surface area (Å²) in [6.07, 6.45) is 4.97. The molecule has 1 heterocycles. The molecule has 210 valence electrons. The van der Waals surface area contributed by atoms with E-state index in [-0.39, 0.29) is 30.0 Å². The molecule has 0 radical (unpaired) electrons. The van der Waals surface area contributed by atoms with E-state index in [0.29, 0.717) is 35.9 Å². The molecule has 11 heteroatoms. The van der Waals surface area contributed by atoms with Crippen LogP contribution in [0.4, 0.5) is 13.2 Å². The van der Waals surface area contributed by atoms with Crippen LogP contribution in [0.3, 0.4) is 0 Å². The van der Waals surface area contributed by atoms with Crippen molar-refractivity contribution < 1.29 is 27.5 Å². The molecule has 0 spiro atoms. The fraction of sp³-hybridized carbons (Fsp3) is 0.464. The lowest BCUT2D eigenvalue weighted by Gasteiger charge is -2.32. The smallest absolute Gasteiger partial charge is 0.256 e. The molecule has 1 fully saturated rings. The molecule has 1 aliphatic rings. The number of fused-ring (bicyclic) bond motifs is 1. The number of hydrogen-bond acceptors (Lipinski definition) is 5. The van der Waals surface area contributed by atoms with Crippen LogP contribution in [0.5, 0.6) is 11.5 Å². The van der Waals surface area contributed by atoms with Gasteiger partial charge in [-0.2, -0.15) is 5.10 Å². The van der Waals surface area contributed by atoms with Crippen LogP contribution in [0.1, 0.15) is 56.3 Å². The lowest BCUT2D eigenvalue weighted by Crippen LogP contribution is -2.58. The number of alkyl halides is 1. The average Bonchev–Trinajstić information content (AvgIpc) is 3.62. The van der Waals surface area contributed by atoms with Gasteiger partial charge in [0, 0.05) is 11.5 Å². The Morgan fingerprint density at radius 2 is 1.90 bits per heavy atom. The summed E-state index contributed by atoms with van der Waals surface area (Å²) in [7, 11) is 1.74. The van der Waals surface area contributed by atoms with Crippen molar-refractivity contribution in [2.75, 3.05) is 13.6 Å². The van der Waals surface area contributed by atoms with Gasteiger partial charge in [-0.3, -0.25) is 14.3 Å². The number of carbonyl (C=O) groups excluding carboxylic acids is 2. The molecule has 1 atom stereocenters. The van der Waals surface area contributed by atoms with Gasteiger partial charge in [-0.1, -0.05) is 12.8 Å². The zero-order valence-corrected chi connectivity index (χ0v) is 22.3. The van der Waals surface area contributed by atoms with Crippen molar-refractivity contribution in [3.8, 4) is 11.5 Å². The normalized spacial score (nSPS) is 15.2. The Kier molecular flexibility index (Phi) is 8.20. The Morgan fingerprint density at radius 1 is 1.15 bits per heavy atom. The highest BCUT2D eigenvalue weighted by Crippen LogP contribution is 2.37. The predicted molar refractivity (Wildman–Crippen MR) is 141 cm³/mol. The number of nitrogens with one attached hydrogen (secondary N) is 2. The molecule has 2 amide bonds. The maximum Gasteiger partial charge on any atom is 0.256 e. The number of primary amides is 1. The summed E-state index contributed by atoms with van der Waals surface area (Å²) in [5.41, 5.74) is 3.33. The highest BCUT2D eigenvalue weighted by atomic mass is 19.1. The van der Waals surface area contributed by atoms with Crippen molar-refractivity contribution in [3.05, 3.63) is 53.7 Å². The minimum Gasteiger partial charge on any atom is -0.453 e. The predicted octanol–water partition coefficient (Wildman–Crippen LogP) is 4.61. The molecule has 4 N–H and O–H groups in total. The van der Waals surface area contributed by atoms with E-state index in [4.69, 9.17) is 10.5 Å². The first-order valence-electron chi connectivity index (χ1n) is 13.0. The molecule has 0 saturated heterocycles. The molecule has 0 aliphatic heterocycles. The van der Waals surface area contributed by atoms with Crippen LogP contribution in [0.2, 0.25) is 0 Å². The number of nitrogens with zero attached hydrogens (tertiary/aromatic N) is 2. The Bertz CT molecular complexity index is 1370. The number of rotatable bonds is 13. The molecule has 1 aliphatic carbocycles. The summed E-state index contributed by atoms with van der Waals surface area (Å²) in [4.78, 5) is 26.6. The maximum absolute atomic E-state index is 14.5. The fourth-order valence-corrected chi connectivity index (χ4v) is 4.56. The summed E-state index contributed by atoms with van der Waals surface area (Å²) >= 11 is 0. The van der Waals surface area contributed by atoms with Gasteiger partial charge in [-0.05, 0) is 76.9 Å². The summed E-state index contributed by atoms with van der Waals surface area (Å²) in [6.45, 7) is 3.16. The Balaban J connectivity index is 1.77. The van der Waals surface area contributed by atoms with E-state index in [9.17, 15) is 22.8 Å². The molecule has 1 unspecified atom stereocenters. The van der Waals surface area contributed by atoms with Gasteiger partial charge in [0.1, 0.15) is 22.8 Å². The minimum atomic E-state index is -1.59. The number of aromatic nitrogens is 2. The summed E-state index contributed by atoms with van der Waals surface area (Å²) < 4.78 is 49.6. The monoisotopic (exact) mass is 545 g/mol. The van der Waals surface area contributed by atoms with Gasteiger partial charge in [0.25, 0.3) is 5.91 Å². The van der Waals surface area contributed by atoms with E-state index in [1.54, 1.807) is 7.05 Å². The minimum absolute atomic E-state index is 0.0360. The molecule has 1 saturated carbocycles. The van der Waals surface area contributed by atoms with Crippen molar-refractivity contribution in [1.29, 1.82) is 0 Å². The number of amides is 2. The number of benzene rings is 2. The zero-order valence-electron chi connectivity index (χ0n) is 22.3. The maximum atomic E-state index is 14.5. The number of carbonyl (C=O) groups is 2. The second-order valence-corrected chi connectivity index (χ2v) is 10.8. The molecular formula is C28H34F3N5O3. The van der Waals surface area contributed by atoms with Crippen LogP contribution in [-0.2, 0) is 11.3 Å². The summed E-state index contributed by atoms with van der Waals surface area (Å²) in [6, 6.07) is 5.76. The van der Waals surface area contributed by atoms with Crippen LogP contribution < -0.4 is 21.1 Å². The Labute approximate surface area is 225 Å². The van der Waals surface area contributed by atoms with Gasteiger partial charge in [0.05, 0.1) is 23.8 Å². The van der Waals surface area contributed by atoms with Crippen LogP contribution >= 0.6 is 0 Å². The third-order valence-corrected chi connectivity index (χ3v) is 6.93. The second kappa shape index (κ2) is 11.3. The van der Waals surface area contributed by atoms with E-state index < -0.39 is 34.7 Å². The zero-order chi connectivity index (χ0) is 28.4. The van der Waals surface area contributed by atoms with Crippen LogP contribution in [0.15, 0.2) is 36.5 Å². The fourth-order valence-electron chi connectivity index (χ4n) is 4.56. The molecule has 3 aromatic rings.